The van der Waals surface area contributed by atoms with Gasteiger partial charge < -0.3 is 9.47 Å². The van der Waals surface area contributed by atoms with Gasteiger partial charge in [-0.2, -0.15) is 0 Å². The Hall–Kier alpha value is -6.72. The molecule has 0 aliphatic carbocycles. The number of hydrogen-bond acceptors (Lipinski definition) is 3. The largest absolute Gasteiger partial charge is 0.310 e. The molecule has 51 heavy (non-hydrogen) atoms. The fraction of sp³-hybridized carbons (Fsp3) is 0.0435. The number of rotatable bonds is 7. The normalized spacial score (nSPS) is 11.3. The van der Waals surface area contributed by atoms with Crippen molar-refractivity contribution in [2.75, 3.05) is 4.90 Å². The molecule has 2 aromatic heterocycles. The van der Waals surface area contributed by atoms with E-state index in [1.165, 1.54) is 21.8 Å². The van der Waals surface area contributed by atoms with E-state index in [-0.39, 0.29) is 0 Å². The van der Waals surface area contributed by atoms with Crippen molar-refractivity contribution in [2.45, 2.75) is 13.8 Å². The number of hydrogen-bond donors (Lipinski definition) is 0. The van der Waals surface area contributed by atoms with Crippen molar-refractivity contribution in [3.63, 3.8) is 0 Å². The predicted octanol–water partition coefficient (Wildman–Crippen LogP) is 11.8. The number of benzene rings is 7. The lowest BCUT2D eigenvalue weighted by Gasteiger charge is -2.29. The van der Waals surface area contributed by atoms with Crippen LogP contribution in [0.25, 0.3) is 56.0 Å². The molecule has 0 radical (unpaired) electrons. The Balaban J connectivity index is 1.18. The highest BCUT2D eigenvalue weighted by molar-refractivity contribution is 6.09. The molecule has 0 unspecified atom stereocenters. The van der Waals surface area contributed by atoms with Gasteiger partial charge in [-0.15, -0.1) is 10.2 Å². The lowest BCUT2D eigenvalue weighted by atomic mass is 10.0. The van der Waals surface area contributed by atoms with E-state index in [4.69, 9.17) is 10.2 Å². The highest BCUT2D eigenvalue weighted by Crippen LogP contribution is 2.41. The van der Waals surface area contributed by atoms with Crippen LogP contribution in [0.3, 0.4) is 0 Å². The van der Waals surface area contributed by atoms with E-state index in [2.05, 4.69) is 167 Å². The summed E-state index contributed by atoms with van der Waals surface area (Å²) in [5, 5.41) is 12.0. The third-order valence-electron chi connectivity index (χ3n) is 9.65. The molecule has 7 aromatic carbocycles. The van der Waals surface area contributed by atoms with E-state index in [1.807, 2.05) is 36.4 Å². The minimum Gasteiger partial charge on any atom is -0.310 e. The molecule has 0 N–H and O–H groups in total. The molecule has 9 aromatic rings. The average molecular weight is 658 g/mol. The van der Waals surface area contributed by atoms with Gasteiger partial charge in [-0.25, -0.2) is 0 Å². The molecule has 2 heterocycles. The fourth-order valence-electron chi connectivity index (χ4n) is 7.43. The summed E-state index contributed by atoms with van der Waals surface area (Å²) in [5.74, 6) is 1.61. The van der Waals surface area contributed by atoms with E-state index in [9.17, 15) is 0 Å². The molecule has 5 nitrogen and oxygen atoms in total. The van der Waals surface area contributed by atoms with Crippen LogP contribution >= 0.6 is 0 Å². The lowest BCUT2D eigenvalue weighted by molar-refractivity contribution is 1.06. The molecule has 9 rings (SSSR count). The van der Waals surface area contributed by atoms with Gasteiger partial charge in [0.25, 0.3) is 0 Å². The van der Waals surface area contributed by atoms with Crippen LogP contribution in [0, 0.1) is 13.8 Å². The molecule has 0 aliphatic heterocycles. The summed E-state index contributed by atoms with van der Waals surface area (Å²) in [7, 11) is 0. The van der Waals surface area contributed by atoms with Crippen molar-refractivity contribution >= 4 is 38.9 Å². The maximum absolute atomic E-state index is 4.72. The van der Waals surface area contributed by atoms with Crippen LogP contribution in [-0.4, -0.2) is 19.3 Å². The third kappa shape index (κ3) is 5.27. The lowest BCUT2D eigenvalue weighted by Crippen LogP contribution is -2.14. The number of para-hydroxylation sites is 3. The molecular formula is C46H35N5. The zero-order valence-corrected chi connectivity index (χ0v) is 28.5. The molecule has 0 fully saturated rings. The second-order valence-corrected chi connectivity index (χ2v) is 12.9. The zero-order chi connectivity index (χ0) is 34.3. The Morgan fingerprint density at radius 2 is 0.843 bits per heavy atom. The third-order valence-corrected chi connectivity index (χ3v) is 9.65. The Kier molecular flexibility index (Phi) is 7.51. The highest BCUT2D eigenvalue weighted by Gasteiger charge is 2.22. The number of aromatic nitrogens is 4. The Morgan fingerprint density at radius 1 is 0.412 bits per heavy atom. The molecule has 0 amide bonds. The topological polar surface area (TPSA) is 38.9 Å². The maximum Gasteiger partial charge on any atom is 0.168 e. The van der Waals surface area contributed by atoms with Gasteiger partial charge in [0.2, 0.25) is 0 Å². The van der Waals surface area contributed by atoms with Crippen LogP contribution in [0.2, 0.25) is 0 Å². The number of nitrogens with zero attached hydrogens (tertiary/aromatic N) is 5. The van der Waals surface area contributed by atoms with Crippen LogP contribution in [0.4, 0.5) is 17.1 Å². The molecule has 0 saturated carbocycles. The first-order valence-electron chi connectivity index (χ1n) is 17.3. The molecular weight excluding hydrogens is 623 g/mol. The van der Waals surface area contributed by atoms with Crippen LogP contribution in [0.15, 0.2) is 176 Å². The van der Waals surface area contributed by atoms with Crippen molar-refractivity contribution in [1.29, 1.82) is 0 Å². The summed E-state index contributed by atoms with van der Waals surface area (Å²) in [4.78, 5) is 2.37. The molecule has 244 valence electrons. The van der Waals surface area contributed by atoms with Gasteiger partial charge in [0.15, 0.2) is 11.6 Å². The predicted molar refractivity (Wildman–Crippen MR) is 211 cm³/mol. The van der Waals surface area contributed by atoms with Gasteiger partial charge in [0.05, 0.1) is 16.7 Å². The first-order valence-corrected chi connectivity index (χ1v) is 17.3. The average Bonchev–Trinajstić information content (AvgIpc) is 3.78. The molecule has 5 heteroatoms. The van der Waals surface area contributed by atoms with Gasteiger partial charge in [0, 0.05) is 44.6 Å². The molecule has 0 saturated heterocycles. The van der Waals surface area contributed by atoms with Crippen molar-refractivity contribution in [1.82, 2.24) is 19.3 Å². The zero-order valence-electron chi connectivity index (χ0n) is 28.5. The maximum atomic E-state index is 4.72. The van der Waals surface area contributed by atoms with Crippen LogP contribution < -0.4 is 4.90 Å². The summed E-state index contributed by atoms with van der Waals surface area (Å²) < 4.78 is 4.54. The van der Waals surface area contributed by atoms with E-state index in [1.54, 1.807) is 0 Å². The van der Waals surface area contributed by atoms with E-state index in [0.29, 0.717) is 0 Å². The SMILES string of the molecule is Cc1cc(-n2c(-c3ccccc3)nnc2-c2ccccc2)cc(C)c1N(c1ccccc1)c1ccc(-n2c3ccccc3c3ccccc32)cc1. The first kappa shape index (κ1) is 30.3. The number of aryl methyl sites for hydroxylation is 2. The minimum absolute atomic E-state index is 0.807. The van der Waals surface area contributed by atoms with E-state index >= 15 is 0 Å². The van der Waals surface area contributed by atoms with Crippen LogP contribution in [-0.2, 0) is 0 Å². The number of anilines is 3. The monoisotopic (exact) mass is 657 g/mol. The van der Waals surface area contributed by atoms with E-state index < -0.39 is 0 Å². The molecule has 0 spiro atoms. The van der Waals surface area contributed by atoms with Crippen molar-refractivity contribution in [3.8, 4) is 34.2 Å². The van der Waals surface area contributed by atoms with Crippen molar-refractivity contribution < 1.29 is 0 Å². The second kappa shape index (κ2) is 12.6. The smallest absolute Gasteiger partial charge is 0.168 e. The fourth-order valence-corrected chi connectivity index (χ4v) is 7.43. The standard InChI is InChI=1S/C46H35N5/c1-32-30-39(51-45(34-16-6-3-7-17-34)47-48-46(51)35-18-8-4-9-19-35)31-33(2)44(32)49(36-20-10-5-11-21-36)37-26-28-38(29-27-37)50-42-24-14-12-22-40(42)41-23-13-15-25-43(41)50/h3-31H,1-2H3. The van der Waals surface area contributed by atoms with Crippen LogP contribution in [0.1, 0.15) is 11.1 Å². The van der Waals surface area contributed by atoms with Crippen LogP contribution in [0.5, 0.6) is 0 Å². The van der Waals surface area contributed by atoms with Gasteiger partial charge in [0.1, 0.15) is 0 Å². The summed E-state index contributed by atoms with van der Waals surface area (Å²) in [6.07, 6.45) is 0. The van der Waals surface area contributed by atoms with Crippen molar-refractivity contribution in [2.24, 2.45) is 0 Å². The summed E-state index contributed by atoms with van der Waals surface area (Å²) in [6.45, 7) is 4.39. The summed E-state index contributed by atoms with van der Waals surface area (Å²) in [6, 6.07) is 61.9. The quantitative estimate of drug-likeness (QED) is 0.171. The molecule has 0 aliphatic rings. The minimum atomic E-state index is 0.807. The van der Waals surface area contributed by atoms with Crippen molar-refractivity contribution in [3.05, 3.63) is 187 Å². The first-order chi connectivity index (χ1) is 25.2. The Labute approximate surface area is 297 Å². The van der Waals surface area contributed by atoms with Gasteiger partial charge in [-0.3, -0.25) is 4.57 Å². The Bertz CT molecular complexity index is 2500. The number of fused-ring (bicyclic) bond motifs is 3. The second-order valence-electron chi connectivity index (χ2n) is 12.9. The van der Waals surface area contributed by atoms with Gasteiger partial charge in [-0.1, -0.05) is 115 Å². The van der Waals surface area contributed by atoms with Gasteiger partial charge >= 0.3 is 0 Å². The summed E-state index contributed by atoms with van der Waals surface area (Å²) in [5.41, 5.74) is 12.2. The highest BCUT2D eigenvalue weighted by atomic mass is 15.3. The summed E-state index contributed by atoms with van der Waals surface area (Å²) >= 11 is 0. The van der Waals surface area contributed by atoms with Gasteiger partial charge in [-0.05, 0) is 85.6 Å². The Morgan fingerprint density at radius 3 is 1.35 bits per heavy atom. The molecule has 0 atom stereocenters. The van der Waals surface area contributed by atoms with E-state index in [0.717, 1.165) is 62.3 Å². The molecule has 0 bridgehead atoms.